The lowest BCUT2D eigenvalue weighted by atomic mass is 9.88. The molecule has 1 fully saturated rings. The maximum absolute atomic E-state index is 13.1. The number of aryl methyl sites for hydroxylation is 1. The van der Waals surface area contributed by atoms with Gasteiger partial charge in [0.2, 0.25) is 0 Å². The van der Waals surface area contributed by atoms with Gasteiger partial charge in [-0.15, -0.1) is 0 Å². The molecular weight excluding hydrogens is 379 g/mol. The Hall–Kier alpha value is -2.73. The van der Waals surface area contributed by atoms with Crippen LogP contribution >= 0.6 is 0 Å². The molecule has 5 nitrogen and oxygen atoms in total. The van der Waals surface area contributed by atoms with Crippen LogP contribution in [0.25, 0.3) is 10.9 Å². The van der Waals surface area contributed by atoms with Crippen molar-refractivity contribution < 1.29 is 9.18 Å². The fourth-order valence-corrected chi connectivity index (χ4v) is 4.57. The molecule has 1 saturated heterocycles. The second-order valence-electron chi connectivity index (χ2n) is 8.21. The van der Waals surface area contributed by atoms with Crippen LogP contribution in [0, 0.1) is 11.7 Å². The number of aromatic nitrogens is 2. The number of fused-ring (bicyclic) bond motifs is 1. The van der Waals surface area contributed by atoms with E-state index in [0.29, 0.717) is 18.2 Å². The third-order valence-corrected chi connectivity index (χ3v) is 6.23. The number of primary amides is 1. The number of nitrogens with two attached hydrogens (primary N) is 1. The Labute approximate surface area is 176 Å². The van der Waals surface area contributed by atoms with E-state index in [0.717, 1.165) is 56.2 Å². The van der Waals surface area contributed by atoms with Crippen molar-refractivity contribution in [2.45, 2.75) is 39.2 Å². The van der Waals surface area contributed by atoms with Crippen molar-refractivity contribution in [3.05, 3.63) is 65.1 Å². The zero-order valence-electron chi connectivity index (χ0n) is 17.5. The number of carbonyl (C=O) groups excluding carboxylic acids is 1. The Morgan fingerprint density at radius 3 is 2.57 bits per heavy atom. The lowest BCUT2D eigenvalue weighted by Gasteiger charge is -2.32. The van der Waals surface area contributed by atoms with Gasteiger partial charge in [-0.05, 0) is 80.9 Å². The van der Waals surface area contributed by atoms with Crippen LogP contribution in [0.5, 0.6) is 0 Å². The number of likely N-dealkylation sites (tertiary alicyclic amines) is 1. The minimum Gasteiger partial charge on any atom is -0.364 e. The molecular formula is C24H29FN4O. The van der Waals surface area contributed by atoms with Crippen molar-refractivity contribution in [3.63, 3.8) is 0 Å². The Morgan fingerprint density at radius 2 is 1.90 bits per heavy atom. The van der Waals surface area contributed by atoms with E-state index in [1.54, 1.807) is 4.68 Å². The third-order valence-electron chi connectivity index (χ3n) is 6.23. The number of nitrogens with zero attached hydrogens (tertiary/aromatic N) is 3. The van der Waals surface area contributed by atoms with Crippen LogP contribution in [0.15, 0.2) is 42.5 Å². The third kappa shape index (κ3) is 4.38. The van der Waals surface area contributed by atoms with Gasteiger partial charge in [0.25, 0.3) is 5.91 Å². The second kappa shape index (κ2) is 8.96. The number of hydrogen-bond donors (Lipinski definition) is 1. The van der Waals surface area contributed by atoms with Gasteiger partial charge in [0.05, 0.1) is 5.52 Å². The van der Waals surface area contributed by atoms with Crippen LogP contribution in [0.2, 0.25) is 0 Å². The average molecular weight is 409 g/mol. The molecule has 30 heavy (non-hydrogen) atoms. The van der Waals surface area contributed by atoms with E-state index in [4.69, 9.17) is 5.73 Å². The molecule has 0 atom stereocenters. The van der Waals surface area contributed by atoms with Gasteiger partial charge in [0.15, 0.2) is 0 Å². The van der Waals surface area contributed by atoms with Crippen LogP contribution in [0.4, 0.5) is 4.39 Å². The normalized spacial score (nSPS) is 15.7. The maximum atomic E-state index is 13.1. The fourth-order valence-electron chi connectivity index (χ4n) is 4.57. The van der Waals surface area contributed by atoms with Crippen LogP contribution in [-0.4, -0.2) is 40.2 Å². The number of amides is 1. The summed E-state index contributed by atoms with van der Waals surface area (Å²) in [5.74, 6) is -0.00987. The summed E-state index contributed by atoms with van der Waals surface area (Å²) in [4.78, 5) is 14.6. The van der Waals surface area contributed by atoms with E-state index in [1.807, 2.05) is 31.2 Å². The molecule has 1 aliphatic heterocycles. The standard InChI is InChI=1S/C24H29FN4O/c1-2-29-23(24(26)30)22-19(4-3-5-21(22)27-29)16-18-11-14-28(15-12-18)13-10-17-6-8-20(25)9-7-17/h3-9,18H,2,10-16H2,1H3,(H2,26,30). The van der Waals surface area contributed by atoms with Crippen molar-refractivity contribution in [2.24, 2.45) is 11.7 Å². The molecule has 0 saturated carbocycles. The van der Waals surface area contributed by atoms with Gasteiger partial charge in [0.1, 0.15) is 11.5 Å². The molecule has 2 N–H and O–H groups in total. The summed E-state index contributed by atoms with van der Waals surface area (Å²) in [5, 5.41) is 5.48. The summed E-state index contributed by atoms with van der Waals surface area (Å²) in [7, 11) is 0. The van der Waals surface area contributed by atoms with Gasteiger partial charge in [-0.3, -0.25) is 9.48 Å². The van der Waals surface area contributed by atoms with E-state index < -0.39 is 5.91 Å². The molecule has 0 spiro atoms. The van der Waals surface area contributed by atoms with Crippen LogP contribution in [0.1, 0.15) is 41.4 Å². The monoisotopic (exact) mass is 408 g/mol. The SMILES string of the molecule is CCn1nc2cccc(CC3CCN(CCc4ccc(F)cc4)CC3)c2c1C(N)=O. The van der Waals surface area contributed by atoms with Gasteiger partial charge in [-0.25, -0.2) is 4.39 Å². The fraction of sp³-hybridized carbons (Fsp3) is 0.417. The Balaban J connectivity index is 1.39. The highest BCUT2D eigenvalue weighted by Crippen LogP contribution is 2.28. The van der Waals surface area contributed by atoms with Gasteiger partial charge in [-0.1, -0.05) is 24.3 Å². The Bertz CT molecular complexity index is 1020. The Kier molecular flexibility index (Phi) is 6.13. The topological polar surface area (TPSA) is 64.2 Å². The predicted octanol–water partition coefficient (Wildman–Crippen LogP) is 3.79. The molecule has 2 aromatic carbocycles. The molecule has 1 aromatic heterocycles. The van der Waals surface area contributed by atoms with Gasteiger partial charge < -0.3 is 10.6 Å². The number of rotatable bonds is 7. The largest absolute Gasteiger partial charge is 0.364 e. The molecule has 0 unspecified atom stereocenters. The van der Waals surface area contributed by atoms with Crippen molar-refractivity contribution >= 4 is 16.8 Å². The number of benzene rings is 2. The summed E-state index contributed by atoms with van der Waals surface area (Å²) in [6, 6.07) is 12.9. The zero-order valence-corrected chi connectivity index (χ0v) is 17.5. The Morgan fingerprint density at radius 1 is 1.17 bits per heavy atom. The first-order valence-electron chi connectivity index (χ1n) is 10.8. The molecule has 0 bridgehead atoms. The average Bonchev–Trinajstić information content (AvgIpc) is 3.14. The van der Waals surface area contributed by atoms with Crippen LogP contribution < -0.4 is 5.73 Å². The van der Waals surface area contributed by atoms with Crippen molar-refractivity contribution in [3.8, 4) is 0 Å². The van der Waals surface area contributed by atoms with Gasteiger partial charge in [0, 0.05) is 18.5 Å². The number of hydrogen-bond acceptors (Lipinski definition) is 3. The highest BCUT2D eigenvalue weighted by atomic mass is 19.1. The van der Waals surface area contributed by atoms with Crippen molar-refractivity contribution in [1.29, 1.82) is 0 Å². The number of halogens is 1. The first-order valence-corrected chi connectivity index (χ1v) is 10.8. The minimum atomic E-state index is -0.414. The van der Waals surface area contributed by atoms with Crippen LogP contribution in [-0.2, 0) is 19.4 Å². The highest BCUT2D eigenvalue weighted by molar-refractivity contribution is 6.05. The number of piperidine rings is 1. The number of carbonyl (C=O) groups is 1. The maximum Gasteiger partial charge on any atom is 0.267 e. The quantitative estimate of drug-likeness (QED) is 0.647. The smallest absolute Gasteiger partial charge is 0.267 e. The predicted molar refractivity (Wildman–Crippen MR) is 117 cm³/mol. The minimum absolute atomic E-state index is 0.182. The molecule has 4 rings (SSSR count). The summed E-state index contributed by atoms with van der Waals surface area (Å²) in [6.07, 6.45) is 4.16. The second-order valence-corrected chi connectivity index (χ2v) is 8.21. The highest BCUT2D eigenvalue weighted by Gasteiger charge is 2.23. The molecule has 158 valence electrons. The molecule has 0 aliphatic carbocycles. The first-order chi connectivity index (χ1) is 14.5. The summed E-state index contributed by atoms with van der Waals surface area (Å²) in [6.45, 7) is 5.74. The molecule has 1 aliphatic rings. The van der Waals surface area contributed by atoms with Crippen molar-refractivity contribution in [1.82, 2.24) is 14.7 Å². The zero-order chi connectivity index (χ0) is 21.1. The molecule has 1 amide bonds. The molecule has 0 radical (unpaired) electrons. The van der Waals surface area contributed by atoms with Gasteiger partial charge >= 0.3 is 0 Å². The van der Waals surface area contributed by atoms with E-state index in [2.05, 4.69) is 16.1 Å². The molecule has 6 heteroatoms. The molecule has 2 heterocycles. The van der Waals surface area contributed by atoms with E-state index >= 15 is 0 Å². The summed E-state index contributed by atoms with van der Waals surface area (Å²) < 4.78 is 14.8. The lowest BCUT2D eigenvalue weighted by Crippen LogP contribution is -2.35. The molecule has 3 aromatic rings. The summed E-state index contributed by atoms with van der Waals surface area (Å²) >= 11 is 0. The lowest BCUT2D eigenvalue weighted by molar-refractivity contribution is 0.0991. The first kappa shape index (κ1) is 20.5. The summed E-state index contributed by atoms with van der Waals surface area (Å²) in [5.41, 5.74) is 9.41. The van der Waals surface area contributed by atoms with E-state index in [1.165, 1.54) is 23.3 Å². The van der Waals surface area contributed by atoms with Crippen LogP contribution in [0.3, 0.4) is 0 Å². The van der Waals surface area contributed by atoms with E-state index in [9.17, 15) is 9.18 Å². The van der Waals surface area contributed by atoms with E-state index in [-0.39, 0.29) is 5.82 Å². The van der Waals surface area contributed by atoms with Gasteiger partial charge in [-0.2, -0.15) is 5.10 Å². The van der Waals surface area contributed by atoms with Crippen molar-refractivity contribution in [2.75, 3.05) is 19.6 Å².